The lowest BCUT2D eigenvalue weighted by atomic mass is 10.0. The third-order valence-electron chi connectivity index (χ3n) is 3.70. The van der Waals surface area contributed by atoms with Crippen LogP contribution in [0.2, 0.25) is 0 Å². The Balaban J connectivity index is 2.12. The van der Waals surface area contributed by atoms with Gasteiger partial charge < -0.3 is 10.2 Å². The molecule has 0 fully saturated rings. The largest absolute Gasteiger partial charge is 0.344 e. The Kier molecular flexibility index (Phi) is 3.72. The number of fused-ring (bicyclic) bond motifs is 1. The van der Waals surface area contributed by atoms with Crippen LogP contribution in [0.25, 0.3) is 0 Å². The summed E-state index contributed by atoms with van der Waals surface area (Å²) >= 11 is 3.44. The van der Waals surface area contributed by atoms with E-state index in [-0.39, 0.29) is 18.1 Å². The average molecular weight is 345 g/mol. The lowest BCUT2D eigenvalue weighted by molar-refractivity contribution is 0.0924. The molecule has 1 N–H and O–H groups in total. The molecule has 0 bridgehead atoms. The molecule has 3 nitrogen and oxygen atoms in total. The van der Waals surface area contributed by atoms with Gasteiger partial charge in [-0.1, -0.05) is 46.3 Å². The molecule has 0 spiro atoms. The molecule has 1 aliphatic rings. The maximum absolute atomic E-state index is 12.4. The fourth-order valence-electron chi connectivity index (χ4n) is 2.78. The van der Waals surface area contributed by atoms with Crippen LogP contribution in [0, 0.1) is 0 Å². The molecular formula is C17H17BrN2O. The molecule has 1 unspecified atom stereocenters. The lowest BCUT2D eigenvalue weighted by Gasteiger charge is -2.42. The zero-order valence-electron chi connectivity index (χ0n) is 12.0. The third kappa shape index (κ3) is 2.56. The van der Waals surface area contributed by atoms with E-state index in [0.29, 0.717) is 5.56 Å². The van der Waals surface area contributed by atoms with E-state index in [4.69, 9.17) is 0 Å². The van der Waals surface area contributed by atoms with Crippen molar-refractivity contribution >= 4 is 27.5 Å². The fraction of sp³-hybridized carbons (Fsp3) is 0.235. The number of hydrogen-bond donors (Lipinski definition) is 1. The number of amides is 1. The van der Waals surface area contributed by atoms with Crippen molar-refractivity contribution in [2.45, 2.75) is 26.1 Å². The smallest absolute Gasteiger partial charge is 0.255 e. The van der Waals surface area contributed by atoms with Gasteiger partial charge in [0.05, 0.1) is 11.3 Å². The number of benzene rings is 2. The van der Waals surface area contributed by atoms with E-state index in [1.165, 1.54) is 0 Å². The molecule has 0 saturated heterocycles. The predicted molar refractivity (Wildman–Crippen MR) is 88.4 cm³/mol. The topological polar surface area (TPSA) is 32.3 Å². The molecule has 0 saturated carbocycles. The zero-order chi connectivity index (χ0) is 15.0. The van der Waals surface area contributed by atoms with Crippen LogP contribution >= 0.6 is 15.9 Å². The second kappa shape index (κ2) is 5.53. The van der Waals surface area contributed by atoms with Gasteiger partial charge in [0.1, 0.15) is 6.17 Å². The highest BCUT2D eigenvalue weighted by Gasteiger charge is 2.33. The van der Waals surface area contributed by atoms with Crippen molar-refractivity contribution in [3.63, 3.8) is 0 Å². The number of carbonyl (C=O) groups excluding carboxylic acids is 1. The first-order valence-corrected chi connectivity index (χ1v) is 7.81. The van der Waals surface area contributed by atoms with Crippen LogP contribution in [0.5, 0.6) is 0 Å². The Morgan fingerprint density at radius 3 is 2.52 bits per heavy atom. The first-order chi connectivity index (χ1) is 10.1. The minimum absolute atomic E-state index is 0.0305. The highest BCUT2D eigenvalue weighted by Crippen LogP contribution is 2.36. The van der Waals surface area contributed by atoms with Crippen LogP contribution in [0.4, 0.5) is 5.69 Å². The van der Waals surface area contributed by atoms with Gasteiger partial charge in [0.25, 0.3) is 5.91 Å². The van der Waals surface area contributed by atoms with Gasteiger partial charge in [-0.15, -0.1) is 0 Å². The third-order valence-corrected chi connectivity index (χ3v) is 4.19. The van der Waals surface area contributed by atoms with Crippen LogP contribution in [0.3, 0.4) is 0 Å². The van der Waals surface area contributed by atoms with Crippen molar-refractivity contribution in [2.75, 3.05) is 4.90 Å². The van der Waals surface area contributed by atoms with E-state index < -0.39 is 0 Å². The molecule has 0 aliphatic carbocycles. The number of nitrogens with one attached hydrogen (secondary N) is 1. The predicted octanol–water partition coefficient (Wildman–Crippen LogP) is 4.11. The van der Waals surface area contributed by atoms with Gasteiger partial charge in [-0.2, -0.15) is 0 Å². The van der Waals surface area contributed by atoms with E-state index in [2.05, 4.69) is 40.0 Å². The number of hydrogen-bond acceptors (Lipinski definition) is 2. The number of nitrogens with zero attached hydrogens (tertiary/aromatic N) is 1. The van der Waals surface area contributed by atoms with Gasteiger partial charge in [-0.05, 0) is 37.6 Å². The Labute approximate surface area is 133 Å². The quantitative estimate of drug-likeness (QED) is 0.889. The molecule has 0 radical (unpaired) electrons. The van der Waals surface area contributed by atoms with Gasteiger partial charge in [0, 0.05) is 10.5 Å². The van der Waals surface area contributed by atoms with Crippen molar-refractivity contribution in [3.8, 4) is 0 Å². The standard InChI is InChI=1S/C17H17BrN2O/c1-11(2)20-15-9-8-13(18)10-14(15)17(21)19-16(20)12-6-4-3-5-7-12/h3-11,16H,1-2H3,(H,19,21). The van der Waals surface area contributed by atoms with Gasteiger partial charge in [0.2, 0.25) is 0 Å². The van der Waals surface area contributed by atoms with E-state index >= 15 is 0 Å². The average Bonchev–Trinajstić information content (AvgIpc) is 2.48. The molecule has 108 valence electrons. The second-order valence-corrected chi connectivity index (χ2v) is 6.36. The van der Waals surface area contributed by atoms with E-state index in [1.807, 2.05) is 48.5 Å². The van der Waals surface area contributed by atoms with Gasteiger partial charge in [-0.25, -0.2) is 0 Å². The summed E-state index contributed by atoms with van der Waals surface area (Å²) in [7, 11) is 0. The number of rotatable bonds is 2. The molecule has 1 heterocycles. The molecule has 2 aromatic rings. The first-order valence-electron chi connectivity index (χ1n) is 7.01. The molecule has 1 atom stereocenters. The van der Waals surface area contributed by atoms with Crippen LogP contribution in [0.1, 0.15) is 35.9 Å². The van der Waals surface area contributed by atoms with Crippen molar-refractivity contribution in [3.05, 3.63) is 64.1 Å². The lowest BCUT2D eigenvalue weighted by Crippen LogP contribution is -2.49. The highest BCUT2D eigenvalue weighted by atomic mass is 79.9. The maximum Gasteiger partial charge on any atom is 0.255 e. The number of halogens is 1. The summed E-state index contributed by atoms with van der Waals surface area (Å²) in [6.07, 6.45) is -0.132. The molecule has 1 amide bonds. The Bertz CT molecular complexity index is 670. The van der Waals surface area contributed by atoms with Gasteiger partial charge >= 0.3 is 0 Å². The van der Waals surface area contributed by atoms with Crippen LogP contribution in [0.15, 0.2) is 53.0 Å². The monoisotopic (exact) mass is 344 g/mol. The van der Waals surface area contributed by atoms with Gasteiger partial charge in [-0.3, -0.25) is 4.79 Å². The summed E-state index contributed by atoms with van der Waals surface area (Å²) in [5.41, 5.74) is 2.78. The molecule has 3 rings (SSSR count). The Morgan fingerprint density at radius 2 is 1.86 bits per heavy atom. The summed E-state index contributed by atoms with van der Waals surface area (Å²) in [6.45, 7) is 4.28. The van der Waals surface area contributed by atoms with Crippen molar-refractivity contribution in [1.82, 2.24) is 5.32 Å². The van der Waals surface area contributed by atoms with Crippen molar-refractivity contribution in [1.29, 1.82) is 0 Å². The van der Waals surface area contributed by atoms with Crippen LogP contribution in [-0.2, 0) is 0 Å². The summed E-state index contributed by atoms with van der Waals surface area (Å²) < 4.78 is 0.915. The molecular weight excluding hydrogens is 328 g/mol. The summed E-state index contributed by atoms with van der Waals surface area (Å²) in [6, 6.07) is 16.2. The van der Waals surface area contributed by atoms with Crippen LogP contribution in [-0.4, -0.2) is 11.9 Å². The van der Waals surface area contributed by atoms with E-state index in [0.717, 1.165) is 15.7 Å². The molecule has 1 aliphatic heterocycles. The number of carbonyl (C=O) groups is 1. The molecule has 0 aromatic heterocycles. The molecule has 21 heavy (non-hydrogen) atoms. The Morgan fingerprint density at radius 1 is 1.14 bits per heavy atom. The van der Waals surface area contributed by atoms with E-state index in [9.17, 15) is 4.79 Å². The minimum Gasteiger partial charge on any atom is -0.344 e. The van der Waals surface area contributed by atoms with Gasteiger partial charge in [0.15, 0.2) is 0 Å². The zero-order valence-corrected chi connectivity index (χ0v) is 13.6. The second-order valence-electron chi connectivity index (χ2n) is 5.45. The summed E-state index contributed by atoms with van der Waals surface area (Å²) in [5, 5.41) is 3.11. The maximum atomic E-state index is 12.4. The summed E-state index contributed by atoms with van der Waals surface area (Å²) in [5.74, 6) is -0.0305. The van der Waals surface area contributed by atoms with E-state index in [1.54, 1.807) is 0 Å². The molecule has 4 heteroatoms. The van der Waals surface area contributed by atoms with Crippen LogP contribution < -0.4 is 10.2 Å². The Hall–Kier alpha value is -1.81. The molecule has 2 aromatic carbocycles. The fourth-order valence-corrected chi connectivity index (χ4v) is 3.14. The van der Waals surface area contributed by atoms with Crippen molar-refractivity contribution in [2.24, 2.45) is 0 Å². The first kappa shape index (κ1) is 14.1. The number of anilines is 1. The highest BCUT2D eigenvalue weighted by molar-refractivity contribution is 9.10. The SMILES string of the molecule is CC(C)N1c2ccc(Br)cc2C(=O)NC1c1ccccc1. The normalized spacial score (nSPS) is 17.6. The summed E-state index contributed by atoms with van der Waals surface area (Å²) in [4.78, 5) is 14.7. The minimum atomic E-state index is -0.132. The van der Waals surface area contributed by atoms with Crippen molar-refractivity contribution < 1.29 is 4.79 Å².